The van der Waals surface area contributed by atoms with Crippen LogP contribution in [0.15, 0.2) is 53.2 Å². The lowest BCUT2D eigenvalue weighted by Crippen LogP contribution is -2.38. The molecule has 4 heterocycles. The molecule has 35 heavy (non-hydrogen) atoms. The molecule has 1 N–H and O–H groups in total. The molecule has 0 saturated carbocycles. The number of benzene rings is 2. The van der Waals surface area contributed by atoms with E-state index >= 15 is 0 Å². The maximum Gasteiger partial charge on any atom is 0.141 e. The third-order valence-electron chi connectivity index (χ3n) is 7.19. The lowest BCUT2D eigenvalue weighted by molar-refractivity contribution is 0.0364. The summed E-state index contributed by atoms with van der Waals surface area (Å²) in [6, 6.07) is 15.1. The number of nitrogens with zero attached hydrogens (tertiary/aromatic N) is 4. The second kappa shape index (κ2) is 9.32. The van der Waals surface area contributed by atoms with E-state index in [9.17, 15) is 0 Å². The Morgan fingerprint density at radius 2 is 1.86 bits per heavy atom. The number of imidazole rings is 1. The highest BCUT2D eigenvalue weighted by Gasteiger charge is 2.18. The van der Waals surface area contributed by atoms with Crippen molar-refractivity contribution in [1.29, 1.82) is 0 Å². The lowest BCUT2D eigenvalue weighted by Gasteiger charge is -2.27. The second-order valence-corrected chi connectivity index (χ2v) is 9.40. The van der Waals surface area contributed by atoms with Gasteiger partial charge in [-0.3, -0.25) is 4.90 Å². The first-order valence-corrected chi connectivity index (χ1v) is 12.4. The van der Waals surface area contributed by atoms with Gasteiger partial charge < -0.3 is 18.8 Å². The topological polar surface area (TPSA) is 72.1 Å². The van der Waals surface area contributed by atoms with Gasteiger partial charge >= 0.3 is 0 Å². The first-order chi connectivity index (χ1) is 17.2. The molecule has 0 spiro atoms. The predicted molar refractivity (Wildman–Crippen MR) is 138 cm³/mol. The summed E-state index contributed by atoms with van der Waals surface area (Å²) in [7, 11) is 0. The molecule has 6 rings (SSSR count). The summed E-state index contributed by atoms with van der Waals surface area (Å²) in [4.78, 5) is 11.0. The van der Waals surface area contributed by atoms with Crippen LogP contribution in [0.4, 0.5) is 0 Å². The Labute approximate surface area is 204 Å². The summed E-state index contributed by atoms with van der Waals surface area (Å²) >= 11 is 0. The van der Waals surface area contributed by atoms with Crippen molar-refractivity contribution in [2.45, 2.75) is 33.2 Å². The van der Waals surface area contributed by atoms with Crippen molar-refractivity contribution in [3.63, 3.8) is 0 Å². The molecule has 5 aromatic rings. The third-order valence-corrected chi connectivity index (χ3v) is 7.19. The Morgan fingerprint density at radius 3 is 2.69 bits per heavy atom. The predicted octanol–water partition coefficient (Wildman–Crippen LogP) is 4.91. The van der Waals surface area contributed by atoms with Crippen LogP contribution in [0.3, 0.4) is 0 Å². The van der Waals surface area contributed by atoms with Crippen LogP contribution in [-0.2, 0) is 24.1 Å². The van der Waals surface area contributed by atoms with Crippen LogP contribution in [0.5, 0.6) is 0 Å². The summed E-state index contributed by atoms with van der Waals surface area (Å²) < 4.78 is 13.4. The van der Waals surface area contributed by atoms with Gasteiger partial charge in [-0.05, 0) is 49.6 Å². The van der Waals surface area contributed by atoms with Gasteiger partial charge in [0.15, 0.2) is 0 Å². The number of rotatable bonds is 7. The van der Waals surface area contributed by atoms with E-state index in [1.54, 1.807) is 0 Å². The van der Waals surface area contributed by atoms with Crippen LogP contribution in [0.2, 0.25) is 0 Å². The Balaban J connectivity index is 1.33. The van der Waals surface area contributed by atoms with Crippen molar-refractivity contribution in [3.8, 4) is 11.1 Å². The number of fused-ring (bicyclic) bond motifs is 2. The van der Waals surface area contributed by atoms with E-state index in [0.29, 0.717) is 0 Å². The normalized spacial score (nSPS) is 14.9. The molecule has 0 aliphatic carbocycles. The van der Waals surface area contributed by atoms with Gasteiger partial charge in [-0.15, -0.1) is 0 Å². The average Bonchev–Trinajstić information content (AvgIpc) is 3.56. The number of ether oxygens (including phenoxy) is 1. The first kappa shape index (κ1) is 22.1. The quantitative estimate of drug-likeness (QED) is 0.367. The van der Waals surface area contributed by atoms with Crippen LogP contribution in [-0.4, -0.2) is 57.4 Å². The largest absolute Gasteiger partial charge is 0.379 e. The van der Waals surface area contributed by atoms with E-state index in [2.05, 4.69) is 68.3 Å². The molecule has 2 aromatic carbocycles. The number of aromatic amines is 1. The molecule has 0 atom stereocenters. The van der Waals surface area contributed by atoms with Gasteiger partial charge in [-0.2, -0.15) is 0 Å². The third kappa shape index (κ3) is 4.26. The fourth-order valence-corrected chi connectivity index (χ4v) is 5.32. The van der Waals surface area contributed by atoms with Crippen molar-refractivity contribution in [2.24, 2.45) is 0 Å². The van der Waals surface area contributed by atoms with Crippen molar-refractivity contribution in [3.05, 3.63) is 71.5 Å². The highest BCUT2D eigenvalue weighted by molar-refractivity contribution is 5.84. The molecule has 0 radical (unpaired) electrons. The van der Waals surface area contributed by atoms with E-state index in [1.165, 1.54) is 22.0 Å². The van der Waals surface area contributed by atoms with Crippen LogP contribution >= 0.6 is 0 Å². The minimum Gasteiger partial charge on any atom is -0.379 e. The summed E-state index contributed by atoms with van der Waals surface area (Å²) in [6.07, 6.45) is 3.98. The second-order valence-electron chi connectivity index (χ2n) is 9.40. The molecule has 1 saturated heterocycles. The van der Waals surface area contributed by atoms with Crippen molar-refractivity contribution in [2.75, 3.05) is 32.8 Å². The van der Waals surface area contributed by atoms with E-state index in [1.807, 2.05) is 13.8 Å². The number of H-pyrrole nitrogens is 1. The Kier molecular flexibility index (Phi) is 5.88. The summed E-state index contributed by atoms with van der Waals surface area (Å²) in [5.74, 6) is 1.97. The molecule has 180 valence electrons. The highest BCUT2D eigenvalue weighted by atomic mass is 16.5. The number of aromatic nitrogens is 4. The summed E-state index contributed by atoms with van der Waals surface area (Å²) in [5, 5.41) is 5.44. The number of nitrogens with one attached hydrogen (secondary N) is 1. The molecule has 1 aliphatic heterocycles. The van der Waals surface area contributed by atoms with Gasteiger partial charge in [0.1, 0.15) is 11.6 Å². The van der Waals surface area contributed by atoms with Crippen LogP contribution in [0, 0.1) is 13.8 Å². The number of hydrogen-bond acceptors (Lipinski definition) is 5. The van der Waals surface area contributed by atoms with Crippen LogP contribution in [0.25, 0.3) is 33.1 Å². The minimum absolute atomic E-state index is 0.818. The zero-order valence-electron chi connectivity index (χ0n) is 20.4. The molecular weight excluding hydrogens is 438 g/mol. The molecular formula is C28H31N5O2. The highest BCUT2D eigenvalue weighted by Crippen LogP contribution is 2.30. The minimum atomic E-state index is 0.818. The lowest BCUT2D eigenvalue weighted by atomic mass is 10.0. The Morgan fingerprint density at radius 1 is 1.00 bits per heavy atom. The number of para-hydroxylation sites is 1. The fraction of sp³-hybridized carbons (Fsp3) is 0.357. The van der Waals surface area contributed by atoms with Gasteiger partial charge in [-0.1, -0.05) is 29.4 Å². The van der Waals surface area contributed by atoms with Crippen molar-refractivity contribution in [1.82, 2.24) is 24.6 Å². The molecule has 1 aliphatic rings. The van der Waals surface area contributed by atoms with Crippen molar-refractivity contribution < 1.29 is 9.26 Å². The molecule has 0 bridgehead atoms. The fourth-order valence-electron chi connectivity index (χ4n) is 5.32. The van der Waals surface area contributed by atoms with E-state index < -0.39 is 0 Å². The number of morpholine rings is 1. The smallest absolute Gasteiger partial charge is 0.141 e. The maximum absolute atomic E-state index is 5.54. The van der Waals surface area contributed by atoms with Gasteiger partial charge in [0.25, 0.3) is 0 Å². The molecule has 0 unspecified atom stereocenters. The first-order valence-electron chi connectivity index (χ1n) is 12.4. The molecule has 1 fully saturated rings. The number of hydrogen-bond donors (Lipinski definition) is 1. The molecule has 3 aromatic heterocycles. The van der Waals surface area contributed by atoms with Gasteiger partial charge in [0.05, 0.1) is 29.9 Å². The Hall–Kier alpha value is -3.42. The molecule has 7 heteroatoms. The van der Waals surface area contributed by atoms with E-state index in [-0.39, 0.29) is 0 Å². The maximum atomic E-state index is 5.54. The monoisotopic (exact) mass is 469 g/mol. The zero-order valence-corrected chi connectivity index (χ0v) is 20.4. The molecule has 7 nitrogen and oxygen atoms in total. The molecule has 0 amide bonds. The van der Waals surface area contributed by atoms with E-state index in [4.69, 9.17) is 14.2 Å². The number of aryl methyl sites for hydroxylation is 4. The zero-order chi connectivity index (χ0) is 23.8. The Bertz CT molecular complexity index is 1450. The van der Waals surface area contributed by atoms with E-state index in [0.717, 1.165) is 86.2 Å². The SMILES string of the molecule is Cc1noc(C)c1-c1ccc2c(c1)nc(CCc1c[nH]c3ccccc13)n2CCN1CCOCC1. The standard InChI is InChI=1S/C28H31N5O2/c1-19-28(20(2)35-31-19)21-7-9-26-25(17-21)30-27(33(26)12-11-32-13-15-34-16-14-32)10-8-22-18-29-24-6-4-3-5-23(22)24/h3-7,9,17-18,29H,8,10-16H2,1-2H3. The van der Waals surface area contributed by atoms with Crippen LogP contribution < -0.4 is 0 Å². The summed E-state index contributed by atoms with van der Waals surface area (Å²) in [6.45, 7) is 9.50. The van der Waals surface area contributed by atoms with Crippen molar-refractivity contribution >= 4 is 21.9 Å². The van der Waals surface area contributed by atoms with Gasteiger partial charge in [-0.25, -0.2) is 4.98 Å². The average molecular weight is 470 g/mol. The summed E-state index contributed by atoms with van der Waals surface area (Å²) in [5.41, 5.74) is 7.82. The van der Waals surface area contributed by atoms with Gasteiger partial charge in [0.2, 0.25) is 0 Å². The van der Waals surface area contributed by atoms with Gasteiger partial charge in [0, 0.05) is 55.3 Å². The van der Waals surface area contributed by atoms with Crippen LogP contribution in [0.1, 0.15) is 22.8 Å².